The topological polar surface area (TPSA) is 105 Å². The monoisotopic (exact) mass is 791 g/mol. The Morgan fingerprint density at radius 3 is 2.00 bits per heavy atom. The number of nitrogens with zero attached hydrogens (tertiary/aromatic N) is 2. The lowest BCUT2D eigenvalue weighted by Crippen LogP contribution is -2.59. The molecule has 3 aliphatic rings. The number of fused-ring (bicyclic) bond motifs is 2. The van der Waals surface area contributed by atoms with Crippen LogP contribution in [0.5, 0.6) is 5.75 Å². The number of alkyl halides is 5. The van der Waals surface area contributed by atoms with E-state index in [0.29, 0.717) is 40.4 Å². The van der Waals surface area contributed by atoms with Gasteiger partial charge in [0.1, 0.15) is 5.75 Å². The van der Waals surface area contributed by atoms with Gasteiger partial charge in [0, 0.05) is 36.8 Å². The number of halogens is 6. The van der Waals surface area contributed by atoms with Crippen LogP contribution in [-0.4, -0.2) is 74.2 Å². The molecule has 2 aliphatic heterocycles. The first kappa shape index (κ1) is 38.0. The number of nitrogens with one attached hydrogen (secondary N) is 1. The molecule has 54 heavy (non-hydrogen) atoms. The van der Waals surface area contributed by atoms with E-state index in [2.05, 4.69) is 10.2 Å². The van der Waals surface area contributed by atoms with Gasteiger partial charge in [0.25, 0.3) is 15.9 Å². The molecule has 3 atom stereocenters. The second kappa shape index (κ2) is 14.7. The third-order valence-electron chi connectivity index (χ3n) is 10.3. The van der Waals surface area contributed by atoms with Gasteiger partial charge in [-0.05, 0) is 100 Å². The summed E-state index contributed by atoms with van der Waals surface area (Å²) < 4.78 is 109. The van der Waals surface area contributed by atoms with E-state index in [1.54, 1.807) is 36.4 Å². The summed E-state index contributed by atoms with van der Waals surface area (Å²) >= 11 is 5.97. The number of sulfonamides is 1. The SMILES string of the molecule is O=C([C@H](N(OC(=O)C(F)(F)F)S(=O)(=O)c1ccc2cc(OC3CCCC3)ccc2c1)C(F)(F)c1ccc(-c2ccc(Cl)cc2)cc1)N1C[C@H]2CNC[C@H]2C1. The van der Waals surface area contributed by atoms with Gasteiger partial charge in [0.15, 0.2) is 0 Å². The minimum absolute atomic E-state index is 0.0233. The standard InChI is InChI=1S/C38H35ClF5N3O6S/c39-30-13-7-24(8-14-30)23-5-11-29(12-6-23)37(40,41)34(35(48)46-21-27-19-45-20-28(27)22-46)47(53-36(49)38(42,43)44)54(50,51)33-16-10-25-17-32(15-9-26(25)18-33)52-31-3-1-2-4-31/h5-18,27-28,31,34,45H,1-4,19-22H2/t27-,28+,34-/m0/s1. The lowest BCUT2D eigenvalue weighted by Gasteiger charge is -2.35. The Balaban J connectivity index is 1.30. The molecule has 1 amide bonds. The van der Waals surface area contributed by atoms with Crippen LogP contribution in [0.25, 0.3) is 21.9 Å². The van der Waals surface area contributed by atoms with E-state index in [1.807, 2.05) is 0 Å². The molecule has 0 bridgehead atoms. The summed E-state index contributed by atoms with van der Waals surface area (Å²) in [6.07, 6.45) is -1.96. The van der Waals surface area contributed by atoms with Gasteiger partial charge in [-0.2, -0.15) is 22.0 Å². The van der Waals surface area contributed by atoms with Crippen LogP contribution in [0.1, 0.15) is 31.2 Å². The molecule has 1 N–H and O–H groups in total. The first-order valence-corrected chi connectivity index (χ1v) is 19.2. The average Bonchev–Trinajstić information content (AvgIpc) is 3.90. The molecule has 0 spiro atoms. The lowest BCUT2D eigenvalue weighted by atomic mass is 9.97. The number of hydroxylamine groups is 1. The number of carbonyl (C=O) groups is 2. The highest BCUT2D eigenvalue weighted by molar-refractivity contribution is 7.89. The van der Waals surface area contributed by atoms with E-state index in [0.717, 1.165) is 54.8 Å². The number of likely N-dealkylation sites (tertiary alicyclic amines) is 1. The molecule has 0 aromatic heterocycles. The third-order valence-corrected chi connectivity index (χ3v) is 12.1. The van der Waals surface area contributed by atoms with Crippen LogP contribution in [-0.2, 0) is 30.4 Å². The number of benzene rings is 4. The lowest BCUT2D eigenvalue weighted by molar-refractivity contribution is -0.239. The van der Waals surface area contributed by atoms with E-state index >= 15 is 8.78 Å². The van der Waals surface area contributed by atoms with Gasteiger partial charge in [-0.15, -0.1) is 0 Å². The highest BCUT2D eigenvalue weighted by Gasteiger charge is 2.59. The summed E-state index contributed by atoms with van der Waals surface area (Å²) in [7, 11) is -5.61. The van der Waals surface area contributed by atoms with Crippen molar-refractivity contribution in [2.75, 3.05) is 26.2 Å². The largest absolute Gasteiger partial charge is 0.492 e. The zero-order valence-corrected chi connectivity index (χ0v) is 30.1. The van der Waals surface area contributed by atoms with Crippen molar-refractivity contribution in [1.29, 1.82) is 0 Å². The van der Waals surface area contributed by atoms with E-state index in [-0.39, 0.29) is 36.4 Å². The predicted molar refractivity (Wildman–Crippen MR) is 189 cm³/mol. The quantitative estimate of drug-likeness (QED) is 0.133. The van der Waals surface area contributed by atoms with Crippen LogP contribution in [0.3, 0.4) is 0 Å². The fraction of sp³-hybridized carbons (Fsp3) is 0.368. The Morgan fingerprint density at radius 2 is 1.39 bits per heavy atom. The maximum Gasteiger partial charge on any atom is 0.492 e. The Hall–Kier alpha value is -4.31. The zero-order chi connectivity index (χ0) is 38.4. The van der Waals surface area contributed by atoms with Gasteiger partial charge in [-0.3, -0.25) is 4.79 Å². The minimum Gasteiger partial charge on any atom is -0.490 e. The predicted octanol–water partition coefficient (Wildman–Crippen LogP) is 7.33. The summed E-state index contributed by atoms with van der Waals surface area (Å²) in [5.41, 5.74) is 0.141. The molecule has 2 heterocycles. The molecule has 4 aromatic carbocycles. The van der Waals surface area contributed by atoms with Crippen LogP contribution in [0.4, 0.5) is 22.0 Å². The van der Waals surface area contributed by atoms with E-state index in [4.69, 9.17) is 16.3 Å². The van der Waals surface area contributed by atoms with Gasteiger partial charge < -0.3 is 19.8 Å². The first-order valence-electron chi connectivity index (χ1n) is 17.4. The van der Waals surface area contributed by atoms with Crippen molar-refractivity contribution in [2.24, 2.45) is 11.8 Å². The van der Waals surface area contributed by atoms with E-state index in [1.165, 1.54) is 24.3 Å². The molecule has 2 saturated heterocycles. The highest BCUT2D eigenvalue weighted by Crippen LogP contribution is 2.41. The molecule has 0 radical (unpaired) electrons. The summed E-state index contributed by atoms with van der Waals surface area (Å²) in [6, 6.07) is 15.7. The molecule has 1 saturated carbocycles. The van der Waals surface area contributed by atoms with Gasteiger partial charge in [0.05, 0.1) is 11.0 Å². The van der Waals surface area contributed by atoms with Crippen molar-refractivity contribution in [3.63, 3.8) is 0 Å². The van der Waals surface area contributed by atoms with Gasteiger partial charge in [0.2, 0.25) is 6.04 Å². The van der Waals surface area contributed by atoms with Crippen molar-refractivity contribution in [3.05, 3.63) is 95.5 Å². The molecule has 1 aliphatic carbocycles. The van der Waals surface area contributed by atoms with Crippen LogP contribution in [0.15, 0.2) is 89.8 Å². The smallest absolute Gasteiger partial charge is 0.490 e. The fourth-order valence-corrected chi connectivity index (χ4v) is 8.90. The third kappa shape index (κ3) is 7.63. The molecule has 286 valence electrons. The Labute approximate surface area is 313 Å². The number of hydrogen-bond acceptors (Lipinski definition) is 7. The Kier molecular flexibility index (Phi) is 10.4. The maximum atomic E-state index is 17.0. The number of ether oxygens (including phenoxy) is 1. The Morgan fingerprint density at radius 1 is 0.815 bits per heavy atom. The van der Waals surface area contributed by atoms with Gasteiger partial charge >= 0.3 is 18.1 Å². The van der Waals surface area contributed by atoms with Crippen LogP contribution in [0, 0.1) is 11.8 Å². The molecule has 3 fully saturated rings. The van der Waals surface area contributed by atoms with Crippen molar-refractivity contribution < 1.29 is 49.5 Å². The summed E-state index contributed by atoms with van der Waals surface area (Å²) in [4.78, 5) is 31.3. The second-order valence-electron chi connectivity index (χ2n) is 13.9. The van der Waals surface area contributed by atoms with Crippen LogP contribution < -0.4 is 10.1 Å². The number of rotatable bonds is 10. The highest BCUT2D eigenvalue weighted by atomic mass is 35.5. The zero-order valence-electron chi connectivity index (χ0n) is 28.6. The Bertz CT molecular complexity index is 2140. The molecule has 0 unspecified atom stereocenters. The minimum atomic E-state index is -5.81. The van der Waals surface area contributed by atoms with Crippen LogP contribution >= 0.6 is 11.6 Å². The molecule has 4 aromatic rings. The van der Waals surface area contributed by atoms with E-state index in [9.17, 15) is 31.2 Å². The van der Waals surface area contributed by atoms with Crippen molar-refractivity contribution in [1.82, 2.24) is 14.7 Å². The maximum absolute atomic E-state index is 17.0. The summed E-state index contributed by atoms with van der Waals surface area (Å²) in [5, 5.41) is 4.32. The molecule has 7 rings (SSSR count). The molecule has 9 nitrogen and oxygen atoms in total. The van der Waals surface area contributed by atoms with Crippen molar-refractivity contribution in [2.45, 2.75) is 54.8 Å². The second-order valence-corrected chi connectivity index (χ2v) is 16.1. The van der Waals surface area contributed by atoms with Crippen LogP contribution in [0.2, 0.25) is 5.02 Å². The van der Waals surface area contributed by atoms with Crippen molar-refractivity contribution >= 4 is 44.3 Å². The van der Waals surface area contributed by atoms with E-state index < -0.39 is 55.0 Å². The summed E-state index contributed by atoms with van der Waals surface area (Å²) in [6.45, 7) is 0.774. The molecule has 16 heteroatoms. The fourth-order valence-electron chi connectivity index (χ4n) is 7.38. The average molecular weight is 792 g/mol. The molecular formula is C38H35ClF5N3O6S. The van der Waals surface area contributed by atoms with Crippen molar-refractivity contribution in [3.8, 4) is 16.9 Å². The first-order chi connectivity index (χ1) is 25.6. The van der Waals surface area contributed by atoms with Gasteiger partial charge in [-0.1, -0.05) is 60.1 Å². The normalized spacial score (nSPS) is 20.0. The van der Waals surface area contributed by atoms with Gasteiger partial charge in [-0.25, -0.2) is 13.2 Å². The molecular weight excluding hydrogens is 757 g/mol. The number of amides is 1. The number of carbonyl (C=O) groups excluding carboxylic acids is 2. The number of hydrogen-bond donors (Lipinski definition) is 1. The summed E-state index contributed by atoms with van der Waals surface area (Å²) in [5.74, 6) is -8.96.